The average Bonchev–Trinajstić information content (AvgIpc) is 3.29. The Hall–Kier alpha value is -3.61. The molecular weight excluding hydrogens is 380 g/mol. The molecule has 7 nitrogen and oxygen atoms in total. The summed E-state index contributed by atoms with van der Waals surface area (Å²) >= 11 is 0. The smallest absolute Gasteiger partial charge is 0.254 e. The first kappa shape index (κ1) is 19.7. The number of benzene rings is 2. The Labute approximate surface area is 175 Å². The quantitative estimate of drug-likeness (QED) is 0.661. The summed E-state index contributed by atoms with van der Waals surface area (Å²) in [6.07, 6.45) is 4.02. The van der Waals surface area contributed by atoms with E-state index in [0.29, 0.717) is 18.5 Å². The molecule has 0 fully saturated rings. The number of amides is 2. The number of hydrogen-bond acceptors (Lipinski definition) is 4. The van der Waals surface area contributed by atoms with Crippen LogP contribution in [0.2, 0.25) is 0 Å². The summed E-state index contributed by atoms with van der Waals surface area (Å²) in [5.41, 5.74) is 3.16. The number of likely N-dealkylation sites (N-methyl/N-ethyl adjacent to an activating group) is 1. The lowest BCUT2D eigenvalue weighted by Crippen LogP contribution is -2.46. The van der Waals surface area contributed by atoms with Crippen LogP contribution in [-0.2, 0) is 11.2 Å². The van der Waals surface area contributed by atoms with E-state index >= 15 is 0 Å². The number of carbonyl (C=O) groups is 2. The summed E-state index contributed by atoms with van der Waals surface area (Å²) < 4.78 is 5.26. The van der Waals surface area contributed by atoms with Crippen molar-refractivity contribution in [2.24, 2.45) is 0 Å². The molecule has 2 aromatic carbocycles. The van der Waals surface area contributed by atoms with Crippen LogP contribution in [0.4, 0.5) is 0 Å². The number of aromatic amines is 1. The Morgan fingerprint density at radius 3 is 2.67 bits per heavy atom. The number of fused-ring (bicyclic) bond motifs is 1. The maximum Gasteiger partial charge on any atom is 0.254 e. The lowest BCUT2D eigenvalue weighted by molar-refractivity contribution is -0.124. The van der Waals surface area contributed by atoms with Gasteiger partial charge in [0, 0.05) is 37.5 Å². The summed E-state index contributed by atoms with van der Waals surface area (Å²) in [6.45, 7) is 0.479. The molecule has 0 unspecified atom stereocenters. The Morgan fingerprint density at radius 1 is 1.20 bits per heavy atom. The molecule has 2 atom stereocenters. The molecular formula is C23H24N4O3. The number of ether oxygens (including phenoxy) is 1. The van der Waals surface area contributed by atoms with Gasteiger partial charge in [-0.25, -0.2) is 4.98 Å². The topological polar surface area (TPSA) is 87.3 Å². The molecule has 2 amide bonds. The minimum Gasteiger partial charge on any atom is -0.497 e. The van der Waals surface area contributed by atoms with Gasteiger partial charge in [0.15, 0.2) is 0 Å². The number of imidazole rings is 1. The van der Waals surface area contributed by atoms with Crippen LogP contribution in [0.25, 0.3) is 0 Å². The fraction of sp³-hybridized carbons (Fsp3) is 0.261. The molecule has 0 saturated heterocycles. The Morgan fingerprint density at radius 2 is 1.97 bits per heavy atom. The summed E-state index contributed by atoms with van der Waals surface area (Å²) in [7, 11) is 3.36. The van der Waals surface area contributed by atoms with Gasteiger partial charge in [0.05, 0.1) is 25.4 Å². The van der Waals surface area contributed by atoms with Crippen LogP contribution in [0.3, 0.4) is 0 Å². The summed E-state index contributed by atoms with van der Waals surface area (Å²) in [5.74, 6) is 0.0126. The molecule has 2 heterocycles. The Kier molecular flexibility index (Phi) is 5.52. The van der Waals surface area contributed by atoms with Crippen LogP contribution < -0.4 is 10.1 Å². The zero-order chi connectivity index (χ0) is 21.1. The first-order valence-corrected chi connectivity index (χ1v) is 9.85. The molecule has 1 aromatic heterocycles. The molecule has 3 aromatic rings. The van der Waals surface area contributed by atoms with Gasteiger partial charge in [-0.15, -0.1) is 0 Å². The lowest BCUT2D eigenvalue weighted by atomic mass is 9.79. The highest BCUT2D eigenvalue weighted by Gasteiger charge is 2.42. The third-order valence-corrected chi connectivity index (χ3v) is 5.57. The van der Waals surface area contributed by atoms with Crippen LogP contribution in [0.1, 0.15) is 39.1 Å². The second-order valence-corrected chi connectivity index (χ2v) is 7.32. The molecule has 0 aliphatic carbocycles. The Balaban J connectivity index is 1.66. The number of nitrogens with one attached hydrogen (secondary N) is 2. The number of nitrogens with zero attached hydrogens (tertiary/aromatic N) is 2. The van der Waals surface area contributed by atoms with Gasteiger partial charge in [-0.05, 0) is 29.3 Å². The molecule has 7 heteroatoms. The van der Waals surface area contributed by atoms with E-state index in [2.05, 4.69) is 15.3 Å². The van der Waals surface area contributed by atoms with Crippen molar-refractivity contribution in [1.82, 2.24) is 20.2 Å². The highest BCUT2D eigenvalue weighted by Crippen LogP contribution is 2.42. The van der Waals surface area contributed by atoms with Gasteiger partial charge in [-0.1, -0.05) is 30.3 Å². The summed E-state index contributed by atoms with van der Waals surface area (Å²) in [6, 6.07) is 14.4. The van der Waals surface area contributed by atoms with Crippen LogP contribution in [0, 0.1) is 0 Å². The monoisotopic (exact) mass is 404 g/mol. The first-order chi connectivity index (χ1) is 14.6. The van der Waals surface area contributed by atoms with Crippen molar-refractivity contribution in [1.29, 1.82) is 0 Å². The number of carbonyl (C=O) groups excluding carboxylic acids is 2. The van der Waals surface area contributed by atoms with E-state index in [0.717, 1.165) is 22.6 Å². The summed E-state index contributed by atoms with van der Waals surface area (Å²) in [5, 5.41) is 3.04. The van der Waals surface area contributed by atoms with Crippen molar-refractivity contribution in [3.8, 4) is 5.75 Å². The molecule has 0 saturated carbocycles. The van der Waals surface area contributed by atoms with Crippen molar-refractivity contribution in [3.63, 3.8) is 0 Å². The van der Waals surface area contributed by atoms with Gasteiger partial charge in [0.2, 0.25) is 5.91 Å². The zero-order valence-electron chi connectivity index (χ0n) is 17.0. The van der Waals surface area contributed by atoms with Crippen molar-refractivity contribution in [2.75, 3.05) is 20.7 Å². The fourth-order valence-electron chi connectivity index (χ4n) is 4.03. The SMILES string of the molecule is COc1ccc([C@H]2[C@H](C(=O)NCCc3cnc[nH]3)c3ccccc3C(=O)N2C)cc1. The standard InChI is InChI=1S/C23H24N4O3/c1-27-21(15-7-9-17(30-2)10-8-15)20(18-5-3-4-6-19(18)23(27)29)22(28)25-12-11-16-13-24-14-26-16/h3-10,13-14,20-21H,11-12H2,1-2H3,(H,24,26)(H,25,28)/t20-,21+/m1/s1. The number of hydrogen-bond donors (Lipinski definition) is 2. The average molecular weight is 404 g/mol. The molecule has 30 heavy (non-hydrogen) atoms. The van der Waals surface area contributed by atoms with Crippen molar-refractivity contribution in [3.05, 3.63) is 83.4 Å². The van der Waals surface area contributed by atoms with Crippen LogP contribution in [0.15, 0.2) is 61.1 Å². The van der Waals surface area contributed by atoms with Gasteiger partial charge in [-0.2, -0.15) is 0 Å². The van der Waals surface area contributed by atoms with Gasteiger partial charge in [0.1, 0.15) is 5.75 Å². The molecule has 1 aliphatic rings. The van der Waals surface area contributed by atoms with Crippen LogP contribution in [0.5, 0.6) is 5.75 Å². The maximum atomic E-state index is 13.3. The van der Waals surface area contributed by atoms with Gasteiger partial charge < -0.3 is 19.9 Å². The van der Waals surface area contributed by atoms with Gasteiger partial charge in [-0.3, -0.25) is 9.59 Å². The van der Waals surface area contributed by atoms with E-state index < -0.39 is 12.0 Å². The van der Waals surface area contributed by atoms with E-state index in [4.69, 9.17) is 4.74 Å². The molecule has 0 radical (unpaired) electrons. The minimum atomic E-state index is -0.515. The van der Waals surface area contributed by atoms with E-state index in [1.807, 2.05) is 42.5 Å². The van der Waals surface area contributed by atoms with Gasteiger partial charge >= 0.3 is 0 Å². The zero-order valence-corrected chi connectivity index (χ0v) is 17.0. The first-order valence-electron chi connectivity index (χ1n) is 9.85. The second kappa shape index (κ2) is 8.41. The minimum absolute atomic E-state index is 0.0899. The van der Waals surface area contributed by atoms with Crippen molar-refractivity contribution < 1.29 is 14.3 Å². The van der Waals surface area contributed by atoms with Crippen molar-refractivity contribution in [2.45, 2.75) is 18.4 Å². The molecule has 1 aliphatic heterocycles. The normalized spacial score (nSPS) is 18.1. The van der Waals surface area contributed by atoms with E-state index in [-0.39, 0.29) is 11.8 Å². The van der Waals surface area contributed by atoms with Crippen LogP contribution in [-0.4, -0.2) is 47.4 Å². The number of aromatic nitrogens is 2. The maximum absolute atomic E-state index is 13.3. The highest BCUT2D eigenvalue weighted by atomic mass is 16.5. The molecule has 4 rings (SSSR count). The largest absolute Gasteiger partial charge is 0.497 e. The Bertz CT molecular complexity index is 1030. The van der Waals surface area contributed by atoms with E-state index in [1.54, 1.807) is 37.6 Å². The van der Waals surface area contributed by atoms with E-state index in [9.17, 15) is 9.59 Å². The van der Waals surface area contributed by atoms with Gasteiger partial charge in [0.25, 0.3) is 5.91 Å². The second-order valence-electron chi connectivity index (χ2n) is 7.32. The van der Waals surface area contributed by atoms with Crippen molar-refractivity contribution >= 4 is 11.8 Å². The lowest BCUT2D eigenvalue weighted by Gasteiger charge is -2.39. The molecule has 2 N–H and O–H groups in total. The number of H-pyrrole nitrogens is 1. The van der Waals surface area contributed by atoms with E-state index in [1.165, 1.54) is 0 Å². The molecule has 0 bridgehead atoms. The highest BCUT2D eigenvalue weighted by molar-refractivity contribution is 6.01. The third kappa shape index (κ3) is 3.66. The fourth-order valence-corrected chi connectivity index (χ4v) is 4.03. The molecule has 0 spiro atoms. The third-order valence-electron chi connectivity index (χ3n) is 5.57. The number of methoxy groups -OCH3 is 1. The van der Waals surface area contributed by atoms with Crippen LogP contribution >= 0.6 is 0 Å². The molecule has 154 valence electrons. The predicted molar refractivity (Wildman–Crippen MR) is 112 cm³/mol. The number of rotatable bonds is 6. The predicted octanol–water partition coefficient (Wildman–Crippen LogP) is 2.69. The summed E-state index contributed by atoms with van der Waals surface area (Å²) in [4.78, 5) is 35.1.